The van der Waals surface area contributed by atoms with Crippen molar-refractivity contribution in [2.75, 3.05) is 31.4 Å². The Morgan fingerprint density at radius 2 is 1.62 bits per heavy atom. The number of anilines is 2. The minimum atomic E-state index is -0.138. The van der Waals surface area contributed by atoms with Crippen molar-refractivity contribution in [2.45, 2.75) is 6.42 Å². The van der Waals surface area contributed by atoms with E-state index < -0.39 is 0 Å². The van der Waals surface area contributed by atoms with Crippen LogP contribution < -0.4 is 20.1 Å². The molecule has 0 unspecified atom stereocenters. The highest BCUT2D eigenvalue weighted by molar-refractivity contribution is 6.35. The number of benzene rings is 2. The summed E-state index contributed by atoms with van der Waals surface area (Å²) in [5.41, 5.74) is 1.41. The highest BCUT2D eigenvalue weighted by atomic mass is 35.5. The van der Waals surface area contributed by atoms with Crippen molar-refractivity contribution >= 4 is 40.5 Å². The Balaban J connectivity index is 1.86. The first kappa shape index (κ1) is 18.2. The van der Waals surface area contributed by atoms with Crippen molar-refractivity contribution in [1.29, 1.82) is 0 Å². The maximum absolute atomic E-state index is 12.0. The molecular weight excluding hydrogens is 351 g/mol. The molecule has 2 rings (SSSR count). The van der Waals surface area contributed by atoms with Crippen LogP contribution in [0.5, 0.6) is 11.5 Å². The Labute approximate surface area is 150 Å². The van der Waals surface area contributed by atoms with Crippen LogP contribution in [-0.2, 0) is 4.79 Å². The van der Waals surface area contributed by atoms with Crippen LogP contribution >= 0.6 is 23.2 Å². The lowest BCUT2D eigenvalue weighted by Gasteiger charge is -2.11. The van der Waals surface area contributed by atoms with Gasteiger partial charge in [-0.15, -0.1) is 0 Å². The first-order chi connectivity index (χ1) is 11.5. The Morgan fingerprint density at radius 3 is 2.25 bits per heavy atom. The molecule has 2 aromatic carbocycles. The zero-order valence-corrected chi connectivity index (χ0v) is 14.9. The number of hydrogen-bond acceptors (Lipinski definition) is 4. The second-order valence-corrected chi connectivity index (χ2v) is 5.83. The molecule has 0 saturated heterocycles. The summed E-state index contributed by atoms with van der Waals surface area (Å²) in [5, 5.41) is 6.87. The molecule has 0 aliphatic carbocycles. The fraction of sp³-hybridized carbons (Fsp3) is 0.235. The zero-order chi connectivity index (χ0) is 17.5. The SMILES string of the molecule is COc1ccc(NCCC(=O)Nc2cc(Cl)cc(Cl)c2)cc1OC. The topological polar surface area (TPSA) is 59.6 Å². The van der Waals surface area contributed by atoms with Gasteiger partial charge in [0.05, 0.1) is 14.2 Å². The number of rotatable bonds is 7. The monoisotopic (exact) mass is 368 g/mol. The Hall–Kier alpha value is -2.11. The fourth-order valence-electron chi connectivity index (χ4n) is 2.12. The van der Waals surface area contributed by atoms with E-state index >= 15 is 0 Å². The molecule has 0 aromatic heterocycles. The van der Waals surface area contributed by atoms with E-state index in [0.717, 1.165) is 5.69 Å². The van der Waals surface area contributed by atoms with Crippen LogP contribution in [0.2, 0.25) is 10.0 Å². The van der Waals surface area contributed by atoms with Crippen LogP contribution in [0.1, 0.15) is 6.42 Å². The van der Waals surface area contributed by atoms with Crippen molar-refractivity contribution in [3.8, 4) is 11.5 Å². The number of methoxy groups -OCH3 is 2. The average Bonchev–Trinajstić information content (AvgIpc) is 2.53. The molecular formula is C17H18Cl2N2O3. The standard InChI is InChI=1S/C17H18Cl2N2O3/c1-23-15-4-3-13(10-16(15)24-2)20-6-5-17(22)21-14-8-11(18)7-12(19)9-14/h3-4,7-10,20H,5-6H2,1-2H3,(H,21,22). The number of carbonyl (C=O) groups excluding carboxylic acids is 1. The van der Waals surface area contributed by atoms with E-state index in [1.165, 1.54) is 0 Å². The molecule has 2 N–H and O–H groups in total. The number of carbonyl (C=O) groups is 1. The summed E-state index contributed by atoms with van der Waals surface area (Å²) in [6.45, 7) is 0.468. The maximum atomic E-state index is 12.0. The normalized spacial score (nSPS) is 10.2. The summed E-state index contributed by atoms with van der Waals surface area (Å²) in [6.07, 6.45) is 0.290. The van der Waals surface area contributed by atoms with Crippen LogP contribution in [0.15, 0.2) is 36.4 Å². The van der Waals surface area contributed by atoms with Crippen molar-refractivity contribution < 1.29 is 14.3 Å². The molecule has 0 fully saturated rings. The highest BCUT2D eigenvalue weighted by Crippen LogP contribution is 2.29. The van der Waals surface area contributed by atoms with Gasteiger partial charge in [0.1, 0.15) is 0 Å². The molecule has 1 amide bonds. The fourth-order valence-corrected chi connectivity index (χ4v) is 2.64. The second-order valence-electron chi connectivity index (χ2n) is 4.95. The quantitative estimate of drug-likeness (QED) is 0.757. The van der Waals surface area contributed by atoms with Gasteiger partial charge in [0, 0.05) is 40.5 Å². The zero-order valence-electron chi connectivity index (χ0n) is 13.4. The summed E-state index contributed by atoms with van der Waals surface area (Å²) in [5.74, 6) is 1.14. The number of ether oxygens (including phenoxy) is 2. The predicted molar refractivity (Wildman–Crippen MR) is 97.7 cm³/mol. The van der Waals surface area contributed by atoms with Crippen LogP contribution in [0.4, 0.5) is 11.4 Å². The van der Waals surface area contributed by atoms with E-state index in [0.29, 0.717) is 40.2 Å². The molecule has 0 aliphatic heterocycles. The molecule has 0 bridgehead atoms. The molecule has 0 spiro atoms. The summed E-state index contributed by atoms with van der Waals surface area (Å²) >= 11 is 11.8. The lowest BCUT2D eigenvalue weighted by Crippen LogP contribution is -2.16. The summed E-state index contributed by atoms with van der Waals surface area (Å²) in [6, 6.07) is 10.4. The Bertz CT molecular complexity index is 703. The minimum Gasteiger partial charge on any atom is -0.493 e. The Kier molecular flexibility index (Phi) is 6.58. The lowest BCUT2D eigenvalue weighted by molar-refractivity contribution is -0.115. The molecule has 5 nitrogen and oxygen atoms in total. The van der Waals surface area contributed by atoms with Crippen LogP contribution in [0.25, 0.3) is 0 Å². The van der Waals surface area contributed by atoms with Gasteiger partial charge in [0.15, 0.2) is 11.5 Å². The van der Waals surface area contributed by atoms with E-state index in [9.17, 15) is 4.79 Å². The van der Waals surface area contributed by atoms with Gasteiger partial charge < -0.3 is 20.1 Å². The highest BCUT2D eigenvalue weighted by Gasteiger charge is 2.06. The van der Waals surface area contributed by atoms with E-state index in [4.69, 9.17) is 32.7 Å². The lowest BCUT2D eigenvalue weighted by atomic mass is 10.2. The molecule has 7 heteroatoms. The number of halogens is 2. The predicted octanol–water partition coefficient (Wildman–Crippen LogP) is 4.45. The van der Waals surface area contributed by atoms with Gasteiger partial charge in [-0.2, -0.15) is 0 Å². The van der Waals surface area contributed by atoms with E-state index in [-0.39, 0.29) is 5.91 Å². The smallest absolute Gasteiger partial charge is 0.226 e. The molecule has 2 aromatic rings. The third-order valence-corrected chi connectivity index (χ3v) is 3.65. The summed E-state index contributed by atoms with van der Waals surface area (Å²) in [4.78, 5) is 12.0. The van der Waals surface area contributed by atoms with Crippen molar-refractivity contribution in [2.24, 2.45) is 0 Å². The van der Waals surface area contributed by atoms with Gasteiger partial charge in [-0.25, -0.2) is 0 Å². The van der Waals surface area contributed by atoms with Crippen molar-refractivity contribution in [1.82, 2.24) is 0 Å². The maximum Gasteiger partial charge on any atom is 0.226 e. The van der Waals surface area contributed by atoms with Crippen molar-refractivity contribution in [3.63, 3.8) is 0 Å². The third kappa shape index (κ3) is 5.22. The van der Waals surface area contributed by atoms with Gasteiger partial charge in [0.25, 0.3) is 0 Å². The molecule has 24 heavy (non-hydrogen) atoms. The first-order valence-corrected chi connectivity index (χ1v) is 7.99. The molecule has 0 saturated carbocycles. The van der Waals surface area contributed by atoms with Gasteiger partial charge in [0.2, 0.25) is 5.91 Å². The van der Waals surface area contributed by atoms with Gasteiger partial charge in [-0.3, -0.25) is 4.79 Å². The Morgan fingerprint density at radius 1 is 0.958 bits per heavy atom. The number of hydrogen-bond donors (Lipinski definition) is 2. The molecule has 0 radical (unpaired) electrons. The van der Waals surface area contributed by atoms with Crippen LogP contribution in [0.3, 0.4) is 0 Å². The van der Waals surface area contributed by atoms with E-state index in [1.54, 1.807) is 38.5 Å². The molecule has 128 valence electrons. The summed E-state index contributed by atoms with van der Waals surface area (Å²) < 4.78 is 10.4. The molecule has 0 heterocycles. The largest absolute Gasteiger partial charge is 0.493 e. The minimum absolute atomic E-state index is 0.138. The third-order valence-electron chi connectivity index (χ3n) is 3.21. The van der Waals surface area contributed by atoms with Gasteiger partial charge in [-0.1, -0.05) is 23.2 Å². The van der Waals surface area contributed by atoms with Gasteiger partial charge >= 0.3 is 0 Å². The van der Waals surface area contributed by atoms with E-state index in [2.05, 4.69) is 10.6 Å². The molecule has 0 aliphatic rings. The van der Waals surface area contributed by atoms with Crippen LogP contribution in [0, 0.1) is 0 Å². The van der Waals surface area contributed by atoms with E-state index in [1.807, 2.05) is 12.1 Å². The van der Waals surface area contributed by atoms with Gasteiger partial charge in [-0.05, 0) is 30.3 Å². The first-order valence-electron chi connectivity index (χ1n) is 7.23. The average molecular weight is 369 g/mol. The number of amides is 1. The number of nitrogens with one attached hydrogen (secondary N) is 2. The van der Waals surface area contributed by atoms with Crippen molar-refractivity contribution in [3.05, 3.63) is 46.4 Å². The second kappa shape index (κ2) is 8.66. The summed E-state index contributed by atoms with van der Waals surface area (Å²) in [7, 11) is 3.16. The molecule has 0 atom stereocenters. The van der Waals surface area contributed by atoms with Crippen LogP contribution in [-0.4, -0.2) is 26.7 Å².